The maximum atomic E-state index is 11.2. The highest BCUT2D eigenvalue weighted by Crippen LogP contribution is 2.13. The Morgan fingerprint density at radius 3 is 1.94 bits per heavy atom. The second kappa shape index (κ2) is 11.8. The van der Waals surface area contributed by atoms with Crippen LogP contribution in [0.2, 0.25) is 0 Å². The van der Waals surface area contributed by atoms with Gasteiger partial charge in [-0.15, -0.1) is 0 Å². The van der Waals surface area contributed by atoms with Crippen LogP contribution in [0.5, 0.6) is 0 Å². The molecule has 0 radical (unpaired) electrons. The monoisotopic (exact) mass is 241 g/mol. The molecule has 1 N–H and O–H groups in total. The minimum Gasteiger partial charge on any atom is -0.316 e. The lowest BCUT2D eigenvalue weighted by Crippen LogP contribution is -2.12. The van der Waals surface area contributed by atoms with Crippen LogP contribution in [0.1, 0.15) is 48.0 Å². The summed E-state index contributed by atoms with van der Waals surface area (Å²) in [6.07, 6.45) is 4.99. The van der Waals surface area contributed by atoms with Gasteiger partial charge in [-0.2, -0.15) is 0 Å². The summed E-state index contributed by atoms with van der Waals surface area (Å²) in [5.41, 5.74) is 0. The number of carbonyl (C=O) groups excluding carboxylic acids is 1. The van der Waals surface area contributed by atoms with Crippen molar-refractivity contribution in [1.82, 2.24) is 5.32 Å². The molecule has 0 unspecified atom stereocenters. The average Bonchev–Trinajstić information content (AvgIpc) is 2.14. The van der Waals surface area contributed by atoms with Gasteiger partial charge in [0.05, 0.1) is 0 Å². The van der Waals surface area contributed by atoms with Gasteiger partial charge in [0.1, 0.15) is 5.78 Å². The summed E-state index contributed by atoms with van der Waals surface area (Å²) in [5, 5.41) is 3.02. The summed E-state index contributed by atoms with van der Waals surface area (Å²) in [6.45, 7) is 13.3. The van der Waals surface area contributed by atoms with Crippen LogP contribution < -0.4 is 5.32 Å². The number of nitrogens with one attached hydrogen (secondary N) is 1. The first-order chi connectivity index (χ1) is 7.81. The second-order valence-electron chi connectivity index (χ2n) is 5.56. The number of hydrogen-bond acceptors (Lipinski definition) is 2. The van der Waals surface area contributed by atoms with Crippen molar-refractivity contribution in [3.8, 4) is 0 Å². The molecule has 0 spiro atoms. The van der Waals surface area contributed by atoms with E-state index in [-0.39, 0.29) is 11.7 Å². The molecule has 102 valence electrons. The van der Waals surface area contributed by atoms with Gasteiger partial charge >= 0.3 is 0 Å². The quantitative estimate of drug-likeness (QED) is 0.719. The molecule has 17 heavy (non-hydrogen) atoms. The predicted octanol–water partition coefficient (Wildman–Crippen LogP) is 3.68. The topological polar surface area (TPSA) is 29.1 Å². The van der Waals surface area contributed by atoms with E-state index in [1.54, 1.807) is 6.92 Å². The van der Waals surface area contributed by atoms with E-state index in [9.17, 15) is 4.79 Å². The van der Waals surface area contributed by atoms with Crippen LogP contribution >= 0.6 is 0 Å². The zero-order valence-corrected chi connectivity index (χ0v) is 12.7. The summed E-state index contributed by atoms with van der Waals surface area (Å²) < 4.78 is 0. The summed E-state index contributed by atoms with van der Waals surface area (Å²) in [6, 6.07) is 0. The number of carbonyl (C=O) groups is 1. The van der Waals surface area contributed by atoms with Crippen molar-refractivity contribution in [2.24, 2.45) is 17.8 Å². The van der Waals surface area contributed by atoms with Crippen LogP contribution in [-0.4, -0.2) is 19.4 Å². The maximum Gasteiger partial charge on any atom is 0.136 e. The van der Waals surface area contributed by atoms with E-state index in [0.29, 0.717) is 5.92 Å². The number of rotatable bonds is 6. The molecule has 0 saturated carbocycles. The number of allylic oxidation sites excluding steroid dienone is 1. The van der Waals surface area contributed by atoms with Crippen LogP contribution in [0.15, 0.2) is 12.2 Å². The molecule has 1 atom stereocenters. The standard InChI is InChI=1S/C11H21NO.C4H10/c1-9(2)8-11(10(3)13)6-5-7-12-4;1-4(2)3/h5-6,9,11-12H,7-8H2,1-4H3;4H,1-3H3/b6-5-;/t11-;/m1./s1. The van der Waals surface area contributed by atoms with Crippen LogP contribution in [-0.2, 0) is 4.79 Å². The first-order valence-electron chi connectivity index (χ1n) is 6.62. The fourth-order valence-corrected chi connectivity index (χ4v) is 1.24. The molecule has 0 rings (SSSR count). The maximum absolute atomic E-state index is 11.2. The molecular formula is C15H31NO. The number of Topliss-reactive ketones (excluding diaryl/α,β-unsaturated/α-hetero) is 1. The molecular weight excluding hydrogens is 210 g/mol. The number of ketones is 1. The van der Waals surface area contributed by atoms with Crippen LogP contribution in [0.25, 0.3) is 0 Å². The molecule has 0 saturated heterocycles. The van der Waals surface area contributed by atoms with Crippen molar-refractivity contribution in [1.29, 1.82) is 0 Å². The Labute approximate surface area is 108 Å². The molecule has 0 heterocycles. The van der Waals surface area contributed by atoms with E-state index in [1.165, 1.54) is 0 Å². The molecule has 0 aliphatic rings. The molecule has 0 aliphatic carbocycles. The van der Waals surface area contributed by atoms with Gasteiger partial charge in [-0.1, -0.05) is 46.8 Å². The van der Waals surface area contributed by atoms with E-state index in [1.807, 2.05) is 19.2 Å². The van der Waals surface area contributed by atoms with Crippen molar-refractivity contribution < 1.29 is 4.79 Å². The Morgan fingerprint density at radius 1 is 1.18 bits per heavy atom. The average molecular weight is 241 g/mol. The zero-order chi connectivity index (χ0) is 13.8. The lowest BCUT2D eigenvalue weighted by atomic mass is 9.93. The van der Waals surface area contributed by atoms with Gasteiger partial charge in [-0.05, 0) is 32.2 Å². The van der Waals surface area contributed by atoms with Gasteiger partial charge in [-0.25, -0.2) is 0 Å². The van der Waals surface area contributed by atoms with Crippen molar-refractivity contribution in [3.05, 3.63) is 12.2 Å². The summed E-state index contributed by atoms with van der Waals surface area (Å²) in [4.78, 5) is 11.2. The highest BCUT2D eigenvalue weighted by atomic mass is 16.1. The molecule has 0 fully saturated rings. The van der Waals surface area contributed by atoms with E-state index < -0.39 is 0 Å². The highest BCUT2D eigenvalue weighted by Gasteiger charge is 2.11. The van der Waals surface area contributed by atoms with E-state index in [4.69, 9.17) is 0 Å². The van der Waals surface area contributed by atoms with Gasteiger partial charge in [0.25, 0.3) is 0 Å². The van der Waals surface area contributed by atoms with Crippen LogP contribution in [0.3, 0.4) is 0 Å². The van der Waals surface area contributed by atoms with E-state index >= 15 is 0 Å². The molecule has 0 aromatic heterocycles. The third-order valence-corrected chi connectivity index (χ3v) is 1.94. The third-order valence-electron chi connectivity index (χ3n) is 1.94. The van der Waals surface area contributed by atoms with E-state index in [2.05, 4.69) is 39.9 Å². The Bertz CT molecular complexity index is 204. The van der Waals surface area contributed by atoms with Crippen molar-refractivity contribution in [3.63, 3.8) is 0 Å². The summed E-state index contributed by atoms with van der Waals surface area (Å²) >= 11 is 0. The first-order valence-corrected chi connectivity index (χ1v) is 6.62. The molecule has 0 bridgehead atoms. The normalized spacial score (nSPS) is 12.8. The third kappa shape index (κ3) is 18.0. The molecule has 2 nitrogen and oxygen atoms in total. The molecule has 0 amide bonds. The van der Waals surface area contributed by atoms with Gasteiger partial charge in [0.2, 0.25) is 0 Å². The first kappa shape index (κ1) is 18.7. The number of hydrogen-bond donors (Lipinski definition) is 1. The zero-order valence-electron chi connectivity index (χ0n) is 12.7. The molecule has 2 heteroatoms. The summed E-state index contributed by atoms with van der Waals surface area (Å²) in [5.74, 6) is 1.78. The lowest BCUT2D eigenvalue weighted by molar-refractivity contribution is -0.119. The highest BCUT2D eigenvalue weighted by molar-refractivity contribution is 5.80. The molecule has 0 aromatic rings. The SMILES string of the molecule is CC(C)C.CNC/C=C\[C@H](CC(C)C)C(C)=O. The lowest BCUT2D eigenvalue weighted by Gasteiger charge is -2.11. The van der Waals surface area contributed by atoms with Gasteiger partial charge in [0, 0.05) is 12.5 Å². The number of likely N-dealkylation sites (N-methyl/N-ethyl adjacent to an activating group) is 1. The fraction of sp³-hybridized carbons (Fsp3) is 0.800. The Hall–Kier alpha value is -0.630. The molecule has 0 aliphatic heterocycles. The summed E-state index contributed by atoms with van der Waals surface area (Å²) in [7, 11) is 1.90. The van der Waals surface area contributed by atoms with Crippen LogP contribution in [0, 0.1) is 17.8 Å². The second-order valence-corrected chi connectivity index (χ2v) is 5.56. The van der Waals surface area contributed by atoms with Crippen molar-refractivity contribution in [2.75, 3.05) is 13.6 Å². The minimum atomic E-state index is 0.105. The van der Waals surface area contributed by atoms with Crippen LogP contribution in [0.4, 0.5) is 0 Å². The Kier molecular flexibility index (Phi) is 13.0. The predicted molar refractivity (Wildman–Crippen MR) is 77.2 cm³/mol. The fourth-order valence-electron chi connectivity index (χ4n) is 1.24. The van der Waals surface area contributed by atoms with Gasteiger partial charge < -0.3 is 5.32 Å². The molecule has 0 aromatic carbocycles. The Balaban J connectivity index is 0. The van der Waals surface area contributed by atoms with Crippen molar-refractivity contribution in [2.45, 2.75) is 48.0 Å². The van der Waals surface area contributed by atoms with Crippen molar-refractivity contribution >= 4 is 5.78 Å². The van der Waals surface area contributed by atoms with Gasteiger partial charge in [-0.3, -0.25) is 4.79 Å². The minimum absolute atomic E-state index is 0.105. The smallest absolute Gasteiger partial charge is 0.136 e. The Morgan fingerprint density at radius 2 is 1.65 bits per heavy atom. The van der Waals surface area contributed by atoms with Gasteiger partial charge in [0.15, 0.2) is 0 Å². The largest absolute Gasteiger partial charge is 0.316 e. The van der Waals surface area contributed by atoms with E-state index in [0.717, 1.165) is 18.9 Å².